The molecule has 2 heterocycles. The Balaban J connectivity index is 1.97. The smallest absolute Gasteiger partial charge is 0.251 e. The van der Waals surface area contributed by atoms with E-state index in [0.29, 0.717) is 30.6 Å². The molecule has 0 bridgehead atoms. The quantitative estimate of drug-likeness (QED) is 0.585. The summed E-state index contributed by atoms with van der Waals surface area (Å²) in [6, 6.07) is 6.37. The minimum Gasteiger partial charge on any atom is -0.366 e. The number of nitrogens with zero attached hydrogens (tertiary/aromatic N) is 2. The number of carbonyl (C=O) groups is 2. The van der Waals surface area contributed by atoms with Crippen molar-refractivity contribution in [2.45, 2.75) is 65.3 Å². The summed E-state index contributed by atoms with van der Waals surface area (Å²) in [4.78, 5) is 26.2. The summed E-state index contributed by atoms with van der Waals surface area (Å²) in [5, 5.41) is 0. The molecule has 3 rings (SSSR count). The van der Waals surface area contributed by atoms with Crippen molar-refractivity contribution < 1.29 is 14.0 Å². The third-order valence-corrected chi connectivity index (χ3v) is 5.99. The average molecular weight is 414 g/mol. The van der Waals surface area contributed by atoms with Gasteiger partial charge in [-0.05, 0) is 50.3 Å². The highest BCUT2D eigenvalue weighted by molar-refractivity contribution is 6.02. The summed E-state index contributed by atoms with van der Waals surface area (Å²) in [5.41, 5.74) is 9.55. The number of carbonyl (C=O) groups excluding carboxylic acids is 2. The molecule has 0 saturated carbocycles. The third kappa shape index (κ3) is 4.74. The van der Waals surface area contributed by atoms with Crippen LogP contribution in [0.3, 0.4) is 0 Å². The second kappa shape index (κ2) is 9.92. The van der Waals surface area contributed by atoms with Gasteiger partial charge in [-0.2, -0.15) is 0 Å². The molecule has 1 aromatic heterocycles. The van der Waals surface area contributed by atoms with Crippen molar-refractivity contribution in [3.05, 3.63) is 47.0 Å². The van der Waals surface area contributed by atoms with Gasteiger partial charge < -0.3 is 15.2 Å². The fourth-order valence-electron chi connectivity index (χ4n) is 4.52. The van der Waals surface area contributed by atoms with Crippen molar-refractivity contribution in [3.8, 4) is 11.1 Å². The highest BCUT2D eigenvalue weighted by Crippen LogP contribution is 2.34. The Bertz CT molecular complexity index is 919. The summed E-state index contributed by atoms with van der Waals surface area (Å²) in [6.07, 6.45) is 6.35. The highest BCUT2D eigenvalue weighted by atomic mass is 19.1. The first-order valence-corrected chi connectivity index (χ1v) is 11.0. The summed E-state index contributed by atoms with van der Waals surface area (Å²) >= 11 is 0. The number of benzene rings is 1. The molecule has 0 spiro atoms. The maximum absolute atomic E-state index is 14.0. The standard InChI is InChI=1S/C24H32FN3O2/c1-3-4-5-11-20-23(18-9-6-10-19(25)16-18)22(24(26)30)17(2)28(20)15-8-14-27-13-7-12-21(27)29/h6,9-10,16H,3-5,7-8,11-15H2,1-2H3,(H2,26,30). The first kappa shape index (κ1) is 22.1. The first-order chi connectivity index (χ1) is 14.4. The monoisotopic (exact) mass is 413 g/mol. The minimum absolute atomic E-state index is 0.223. The average Bonchev–Trinajstić information content (AvgIpc) is 3.23. The van der Waals surface area contributed by atoms with Crippen LogP contribution in [0.1, 0.15) is 67.2 Å². The molecule has 0 radical (unpaired) electrons. The molecule has 0 atom stereocenters. The zero-order valence-electron chi connectivity index (χ0n) is 18.0. The Labute approximate surface area is 178 Å². The Hall–Kier alpha value is -2.63. The Morgan fingerprint density at radius 1 is 1.20 bits per heavy atom. The van der Waals surface area contributed by atoms with E-state index in [4.69, 9.17) is 5.73 Å². The van der Waals surface area contributed by atoms with Crippen molar-refractivity contribution in [3.63, 3.8) is 0 Å². The molecule has 1 aliphatic rings. The molecule has 0 unspecified atom stereocenters. The maximum atomic E-state index is 14.0. The van der Waals surface area contributed by atoms with Gasteiger partial charge in [-0.1, -0.05) is 31.9 Å². The molecule has 1 aromatic carbocycles. The van der Waals surface area contributed by atoms with Gasteiger partial charge in [0.1, 0.15) is 5.82 Å². The molecular weight excluding hydrogens is 381 g/mol. The molecule has 0 aliphatic carbocycles. The number of primary amides is 1. The molecule has 1 aliphatic heterocycles. The predicted molar refractivity (Wildman–Crippen MR) is 117 cm³/mol. The van der Waals surface area contributed by atoms with E-state index in [9.17, 15) is 14.0 Å². The number of rotatable bonds is 10. The van der Waals surface area contributed by atoms with E-state index >= 15 is 0 Å². The zero-order valence-corrected chi connectivity index (χ0v) is 18.0. The number of amides is 2. The topological polar surface area (TPSA) is 68.3 Å². The number of halogens is 1. The van der Waals surface area contributed by atoms with Gasteiger partial charge in [-0.25, -0.2) is 4.39 Å². The van der Waals surface area contributed by atoms with Crippen molar-refractivity contribution in [1.29, 1.82) is 0 Å². The normalized spacial score (nSPS) is 14.0. The van der Waals surface area contributed by atoms with Gasteiger partial charge in [-0.3, -0.25) is 9.59 Å². The Morgan fingerprint density at radius 2 is 2.00 bits per heavy atom. The Kier molecular flexibility index (Phi) is 7.29. The molecule has 2 N–H and O–H groups in total. The summed E-state index contributed by atoms with van der Waals surface area (Å²) in [5.74, 6) is -0.599. The van der Waals surface area contributed by atoms with Gasteiger partial charge in [0.25, 0.3) is 5.91 Å². The van der Waals surface area contributed by atoms with Crippen molar-refractivity contribution in [1.82, 2.24) is 9.47 Å². The zero-order chi connectivity index (χ0) is 21.7. The fourth-order valence-corrected chi connectivity index (χ4v) is 4.52. The van der Waals surface area contributed by atoms with Gasteiger partial charge in [0.15, 0.2) is 0 Å². The molecular formula is C24H32FN3O2. The van der Waals surface area contributed by atoms with E-state index < -0.39 is 5.91 Å². The van der Waals surface area contributed by atoms with E-state index in [1.165, 1.54) is 12.1 Å². The largest absolute Gasteiger partial charge is 0.366 e. The van der Waals surface area contributed by atoms with Crippen molar-refractivity contribution in [2.24, 2.45) is 5.73 Å². The van der Waals surface area contributed by atoms with Gasteiger partial charge >= 0.3 is 0 Å². The lowest BCUT2D eigenvalue weighted by molar-refractivity contribution is -0.127. The second-order valence-electron chi connectivity index (χ2n) is 8.10. The summed E-state index contributed by atoms with van der Waals surface area (Å²) in [7, 11) is 0. The molecule has 5 nitrogen and oxygen atoms in total. The van der Waals surface area contributed by atoms with Crippen LogP contribution in [0.4, 0.5) is 4.39 Å². The molecule has 2 amide bonds. The minimum atomic E-state index is -0.489. The van der Waals surface area contributed by atoms with Gasteiger partial charge in [0.2, 0.25) is 5.91 Å². The molecule has 2 aromatic rings. The lowest BCUT2D eigenvalue weighted by Crippen LogP contribution is -2.26. The van der Waals surface area contributed by atoms with Crippen LogP contribution in [0.15, 0.2) is 24.3 Å². The van der Waals surface area contributed by atoms with Crippen LogP contribution in [0, 0.1) is 12.7 Å². The van der Waals surface area contributed by atoms with E-state index in [-0.39, 0.29) is 11.7 Å². The Morgan fingerprint density at radius 3 is 2.63 bits per heavy atom. The number of nitrogens with two attached hydrogens (primary N) is 1. The van der Waals surface area contributed by atoms with Crippen LogP contribution in [-0.2, 0) is 17.8 Å². The van der Waals surface area contributed by atoms with E-state index in [1.54, 1.807) is 6.07 Å². The summed E-state index contributed by atoms with van der Waals surface area (Å²) in [6.45, 7) is 6.31. The van der Waals surface area contributed by atoms with Crippen molar-refractivity contribution >= 4 is 11.8 Å². The third-order valence-electron chi connectivity index (χ3n) is 5.99. The first-order valence-electron chi connectivity index (χ1n) is 11.0. The molecule has 6 heteroatoms. The molecule has 162 valence electrons. The van der Waals surface area contributed by atoms with Gasteiger partial charge in [0, 0.05) is 43.0 Å². The lowest BCUT2D eigenvalue weighted by atomic mass is 9.97. The van der Waals surface area contributed by atoms with Crippen LogP contribution in [0.5, 0.6) is 0 Å². The van der Waals surface area contributed by atoms with Crippen molar-refractivity contribution in [2.75, 3.05) is 13.1 Å². The van der Waals surface area contributed by atoms with Crippen LogP contribution in [-0.4, -0.2) is 34.4 Å². The van der Waals surface area contributed by atoms with Crippen LogP contribution in [0.25, 0.3) is 11.1 Å². The van der Waals surface area contributed by atoms with Gasteiger partial charge in [0.05, 0.1) is 5.56 Å². The van der Waals surface area contributed by atoms with E-state index in [0.717, 1.165) is 62.0 Å². The number of likely N-dealkylation sites (tertiary alicyclic amines) is 1. The number of hydrogen-bond donors (Lipinski definition) is 1. The van der Waals surface area contributed by atoms with Crippen LogP contribution < -0.4 is 5.73 Å². The molecule has 1 fully saturated rings. The summed E-state index contributed by atoms with van der Waals surface area (Å²) < 4.78 is 16.1. The van der Waals surface area contributed by atoms with Gasteiger partial charge in [-0.15, -0.1) is 0 Å². The predicted octanol–water partition coefficient (Wildman–Crippen LogP) is 4.45. The van der Waals surface area contributed by atoms with Crippen LogP contribution in [0.2, 0.25) is 0 Å². The van der Waals surface area contributed by atoms with Crippen LogP contribution >= 0.6 is 0 Å². The molecule has 1 saturated heterocycles. The molecule has 30 heavy (non-hydrogen) atoms. The van der Waals surface area contributed by atoms with E-state index in [1.807, 2.05) is 17.9 Å². The number of unbranched alkanes of at least 4 members (excludes halogenated alkanes) is 2. The number of hydrogen-bond acceptors (Lipinski definition) is 2. The highest BCUT2D eigenvalue weighted by Gasteiger charge is 2.25. The number of aromatic nitrogens is 1. The van der Waals surface area contributed by atoms with E-state index in [2.05, 4.69) is 11.5 Å². The SMILES string of the molecule is CCCCCc1c(-c2cccc(F)c2)c(C(N)=O)c(C)n1CCCN1CCCC1=O. The fraction of sp³-hybridized carbons (Fsp3) is 0.500. The lowest BCUT2D eigenvalue weighted by Gasteiger charge is -2.18. The second-order valence-corrected chi connectivity index (χ2v) is 8.10. The maximum Gasteiger partial charge on any atom is 0.251 e.